The number of carboxylic acid groups (broad SMARTS) is 1. The van der Waals surface area contributed by atoms with E-state index in [4.69, 9.17) is 21.4 Å². The summed E-state index contributed by atoms with van der Waals surface area (Å²) in [5, 5.41) is 9.87. The lowest BCUT2D eigenvalue weighted by Gasteiger charge is -2.08. The first kappa shape index (κ1) is 11.3. The predicted molar refractivity (Wildman–Crippen MR) is 57.6 cm³/mol. The molecule has 1 aromatic rings. The molecule has 1 N–H and O–H groups in total. The van der Waals surface area contributed by atoms with E-state index in [9.17, 15) is 4.79 Å². The van der Waals surface area contributed by atoms with Crippen molar-refractivity contribution in [2.24, 2.45) is 0 Å². The van der Waals surface area contributed by atoms with Crippen molar-refractivity contribution in [3.05, 3.63) is 28.3 Å². The van der Waals surface area contributed by atoms with Gasteiger partial charge in [0, 0.05) is 10.4 Å². The maximum absolute atomic E-state index is 10.8. The van der Waals surface area contributed by atoms with Gasteiger partial charge in [0.1, 0.15) is 11.3 Å². The second-order valence-corrected chi connectivity index (χ2v) is 3.55. The van der Waals surface area contributed by atoms with Crippen molar-refractivity contribution in [1.82, 2.24) is 0 Å². The zero-order chi connectivity index (χ0) is 10.7. The zero-order valence-electron chi connectivity index (χ0n) is 7.38. The quantitative estimate of drug-likeness (QED) is 0.865. The third-order valence-corrected chi connectivity index (χ3v) is 2.70. The maximum Gasteiger partial charge on any atom is 0.339 e. The Hall–Kier alpha value is -0.740. The van der Waals surface area contributed by atoms with Crippen LogP contribution in [0.3, 0.4) is 0 Å². The number of carbonyl (C=O) groups is 1. The topological polar surface area (TPSA) is 46.5 Å². The molecule has 0 heterocycles. The first-order chi connectivity index (χ1) is 6.60. The van der Waals surface area contributed by atoms with Crippen LogP contribution in [0.25, 0.3) is 0 Å². The Morgan fingerprint density at radius 1 is 1.64 bits per heavy atom. The van der Waals surface area contributed by atoms with Crippen LogP contribution in [0.5, 0.6) is 5.75 Å². The van der Waals surface area contributed by atoms with Gasteiger partial charge in [0.05, 0.1) is 7.11 Å². The van der Waals surface area contributed by atoms with Gasteiger partial charge in [-0.2, -0.15) is 0 Å². The average Bonchev–Trinajstić information content (AvgIpc) is 2.16. The molecule has 0 spiro atoms. The summed E-state index contributed by atoms with van der Waals surface area (Å²) in [4.78, 5) is 10.8. The molecule has 0 amide bonds. The Bertz CT molecular complexity index is 365. The van der Waals surface area contributed by atoms with Crippen LogP contribution in [-0.2, 0) is 5.33 Å². The van der Waals surface area contributed by atoms with E-state index < -0.39 is 5.97 Å². The van der Waals surface area contributed by atoms with E-state index in [1.54, 1.807) is 0 Å². The molecule has 76 valence electrons. The Kier molecular flexibility index (Phi) is 3.77. The van der Waals surface area contributed by atoms with Crippen LogP contribution in [-0.4, -0.2) is 18.2 Å². The summed E-state index contributed by atoms with van der Waals surface area (Å²) in [6, 6.07) is 3.00. The van der Waals surface area contributed by atoms with Crippen LogP contribution in [0.4, 0.5) is 0 Å². The van der Waals surface area contributed by atoms with Crippen LogP contribution in [0, 0.1) is 0 Å². The van der Waals surface area contributed by atoms with Gasteiger partial charge in [0.15, 0.2) is 0 Å². The van der Waals surface area contributed by atoms with Gasteiger partial charge < -0.3 is 9.84 Å². The molecule has 0 fully saturated rings. The Morgan fingerprint density at radius 3 is 2.71 bits per heavy atom. The van der Waals surface area contributed by atoms with Crippen LogP contribution in [0.2, 0.25) is 5.02 Å². The van der Waals surface area contributed by atoms with Crippen LogP contribution in [0.1, 0.15) is 15.9 Å². The molecule has 0 aliphatic carbocycles. The Labute approximate surface area is 94.8 Å². The summed E-state index contributed by atoms with van der Waals surface area (Å²) in [6.45, 7) is 0. The summed E-state index contributed by atoms with van der Waals surface area (Å²) < 4.78 is 4.91. The lowest BCUT2D eigenvalue weighted by atomic mass is 10.1. The van der Waals surface area contributed by atoms with Gasteiger partial charge in [0.2, 0.25) is 0 Å². The van der Waals surface area contributed by atoms with Gasteiger partial charge in [-0.25, -0.2) is 4.79 Å². The van der Waals surface area contributed by atoms with Gasteiger partial charge in [0.25, 0.3) is 0 Å². The van der Waals surface area contributed by atoms with Gasteiger partial charge in [-0.15, -0.1) is 0 Å². The van der Waals surface area contributed by atoms with Crippen LogP contribution in [0.15, 0.2) is 12.1 Å². The molecular formula is C9H8BrClO3. The summed E-state index contributed by atoms with van der Waals surface area (Å²) in [6.07, 6.45) is 0. The SMILES string of the molecule is COc1cc(Cl)c(CBr)cc1C(=O)O. The second kappa shape index (κ2) is 4.66. The van der Waals surface area contributed by atoms with E-state index in [1.807, 2.05) is 0 Å². The molecule has 5 heteroatoms. The molecule has 3 nitrogen and oxygen atoms in total. The monoisotopic (exact) mass is 278 g/mol. The number of benzene rings is 1. The summed E-state index contributed by atoms with van der Waals surface area (Å²) in [7, 11) is 1.41. The van der Waals surface area contributed by atoms with E-state index in [2.05, 4.69) is 15.9 Å². The molecule has 0 radical (unpaired) electrons. The molecular weight excluding hydrogens is 271 g/mol. The number of ether oxygens (including phenoxy) is 1. The van der Waals surface area contributed by atoms with Crippen molar-refractivity contribution in [3.8, 4) is 5.75 Å². The summed E-state index contributed by atoms with van der Waals surface area (Å²) in [5.74, 6) is -0.757. The highest BCUT2D eigenvalue weighted by molar-refractivity contribution is 9.08. The van der Waals surface area contributed by atoms with Gasteiger partial charge in [-0.05, 0) is 17.7 Å². The lowest BCUT2D eigenvalue weighted by Crippen LogP contribution is -2.01. The number of methoxy groups -OCH3 is 1. The summed E-state index contributed by atoms with van der Waals surface area (Å²) >= 11 is 9.10. The van der Waals surface area contributed by atoms with E-state index in [0.29, 0.717) is 10.4 Å². The second-order valence-electron chi connectivity index (χ2n) is 2.58. The highest BCUT2D eigenvalue weighted by Crippen LogP contribution is 2.28. The van der Waals surface area contributed by atoms with Crippen LogP contribution >= 0.6 is 27.5 Å². The number of rotatable bonds is 3. The fraction of sp³-hybridized carbons (Fsp3) is 0.222. The predicted octanol–water partition coefficient (Wildman–Crippen LogP) is 2.94. The molecule has 0 bridgehead atoms. The van der Waals surface area contributed by atoms with Gasteiger partial charge >= 0.3 is 5.97 Å². The van der Waals surface area contributed by atoms with Crippen molar-refractivity contribution in [3.63, 3.8) is 0 Å². The Balaban J connectivity index is 3.32. The normalized spacial score (nSPS) is 9.93. The molecule has 0 aliphatic rings. The zero-order valence-corrected chi connectivity index (χ0v) is 9.72. The highest BCUT2D eigenvalue weighted by atomic mass is 79.9. The molecule has 1 rings (SSSR count). The first-order valence-corrected chi connectivity index (χ1v) is 5.25. The first-order valence-electron chi connectivity index (χ1n) is 3.75. The lowest BCUT2D eigenvalue weighted by molar-refractivity contribution is 0.0693. The molecule has 0 saturated heterocycles. The largest absolute Gasteiger partial charge is 0.496 e. The molecule has 1 aromatic carbocycles. The van der Waals surface area contributed by atoms with Crippen molar-refractivity contribution in [2.45, 2.75) is 5.33 Å². The summed E-state index contributed by atoms with van der Waals surface area (Å²) in [5.41, 5.74) is 0.844. The number of aromatic carboxylic acids is 1. The van der Waals surface area contributed by atoms with Crippen LogP contribution < -0.4 is 4.74 Å². The number of alkyl halides is 1. The van der Waals surface area contributed by atoms with Gasteiger partial charge in [-0.3, -0.25) is 0 Å². The molecule has 0 saturated carbocycles. The number of carboxylic acids is 1. The van der Waals surface area contributed by atoms with E-state index in [-0.39, 0.29) is 11.3 Å². The molecule has 0 unspecified atom stereocenters. The molecule has 0 atom stereocenters. The fourth-order valence-electron chi connectivity index (χ4n) is 1.04. The standard InChI is InChI=1S/C9H8BrClO3/c1-14-8-3-7(11)5(4-10)2-6(8)9(12)13/h2-3H,4H2,1H3,(H,12,13). The van der Waals surface area contributed by atoms with E-state index >= 15 is 0 Å². The highest BCUT2D eigenvalue weighted by Gasteiger charge is 2.13. The molecule has 0 aromatic heterocycles. The molecule has 0 aliphatic heterocycles. The minimum absolute atomic E-state index is 0.117. The number of hydrogen-bond donors (Lipinski definition) is 1. The van der Waals surface area contributed by atoms with E-state index in [0.717, 1.165) is 5.56 Å². The minimum atomic E-state index is -1.03. The average molecular weight is 280 g/mol. The smallest absolute Gasteiger partial charge is 0.339 e. The van der Waals surface area contributed by atoms with Crippen molar-refractivity contribution >= 4 is 33.5 Å². The number of halogens is 2. The van der Waals surface area contributed by atoms with E-state index in [1.165, 1.54) is 19.2 Å². The fourth-order valence-corrected chi connectivity index (χ4v) is 1.88. The Morgan fingerprint density at radius 2 is 2.29 bits per heavy atom. The number of hydrogen-bond acceptors (Lipinski definition) is 2. The van der Waals surface area contributed by atoms with Crippen molar-refractivity contribution < 1.29 is 14.6 Å². The maximum atomic E-state index is 10.8. The third-order valence-electron chi connectivity index (χ3n) is 1.74. The third kappa shape index (κ3) is 2.19. The molecule has 14 heavy (non-hydrogen) atoms. The van der Waals surface area contributed by atoms with Crippen molar-refractivity contribution in [2.75, 3.05) is 7.11 Å². The minimum Gasteiger partial charge on any atom is -0.496 e. The van der Waals surface area contributed by atoms with Gasteiger partial charge in [-0.1, -0.05) is 27.5 Å². The van der Waals surface area contributed by atoms with Crippen molar-refractivity contribution in [1.29, 1.82) is 0 Å².